The van der Waals surface area contributed by atoms with E-state index in [1.165, 1.54) is 12.1 Å². The number of hydrogen-bond donors (Lipinski definition) is 0. The van der Waals surface area contributed by atoms with Crippen molar-refractivity contribution in [1.29, 1.82) is 0 Å². The molecule has 0 aromatic heterocycles. The van der Waals surface area contributed by atoms with E-state index in [4.69, 9.17) is 4.74 Å². The van der Waals surface area contributed by atoms with E-state index in [9.17, 15) is 19.7 Å². The molecule has 1 aliphatic heterocycles. The third-order valence-corrected chi connectivity index (χ3v) is 5.39. The number of rotatable bonds is 6. The molecule has 1 fully saturated rings. The Morgan fingerprint density at radius 1 is 1.29 bits per heavy atom. The Bertz CT molecular complexity index is 917. The van der Waals surface area contributed by atoms with Crippen LogP contribution in [0.3, 0.4) is 0 Å². The number of esters is 1. The molecule has 0 saturated carbocycles. The average molecular weight is 400 g/mol. The Kier molecular flexibility index (Phi) is 5.99. The zero-order valence-electron chi connectivity index (χ0n) is 15.5. The van der Waals surface area contributed by atoms with Crippen LogP contribution in [0.5, 0.6) is 0 Å². The summed E-state index contributed by atoms with van der Waals surface area (Å²) in [7, 11) is 0. The largest absolute Gasteiger partial charge is 0.458 e. The van der Waals surface area contributed by atoms with Crippen molar-refractivity contribution in [2.45, 2.75) is 24.3 Å². The van der Waals surface area contributed by atoms with Crippen molar-refractivity contribution < 1.29 is 19.2 Å². The SMILES string of the molecule is CSc1cccc(N2C[C@H](C(=O)O[C@H](C)c3cccc([N+](=O)[O-])c3)CC2=O)c1. The topological polar surface area (TPSA) is 89.8 Å². The van der Waals surface area contributed by atoms with Crippen molar-refractivity contribution in [3.05, 3.63) is 64.2 Å². The maximum absolute atomic E-state index is 12.6. The van der Waals surface area contributed by atoms with Gasteiger partial charge in [0.1, 0.15) is 6.10 Å². The molecule has 3 rings (SSSR count). The molecule has 146 valence electrons. The van der Waals surface area contributed by atoms with E-state index in [1.807, 2.05) is 30.5 Å². The van der Waals surface area contributed by atoms with Crippen LogP contribution in [0.4, 0.5) is 11.4 Å². The maximum Gasteiger partial charge on any atom is 0.311 e. The molecular formula is C20H20N2O5S. The highest BCUT2D eigenvalue weighted by Crippen LogP contribution is 2.30. The van der Waals surface area contributed by atoms with Gasteiger partial charge in [-0.15, -0.1) is 11.8 Å². The molecule has 0 unspecified atom stereocenters. The summed E-state index contributed by atoms with van der Waals surface area (Å²) in [5.74, 6) is -1.16. The Labute approximate surface area is 166 Å². The number of nitro benzene ring substituents is 1. The number of nitrogens with zero attached hydrogens (tertiary/aromatic N) is 2. The van der Waals surface area contributed by atoms with E-state index < -0.39 is 22.9 Å². The molecule has 2 aromatic rings. The number of hydrogen-bond acceptors (Lipinski definition) is 6. The van der Waals surface area contributed by atoms with E-state index in [0.717, 1.165) is 10.6 Å². The molecule has 1 aliphatic rings. The molecular weight excluding hydrogens is 380 g/mol. The van der Waals surface area contributed by atoms with E-state index in [-0.39, 0.29) is 24.6 Å². The van der Waals surface area contributed by atoms with Gasteiger partial charge in [0, 0.05) is 35.7 Å². The zero-order valence-corrected chi connectivity index (χ0v) is 16.3. The van der Waals surface area contributed by atoms with Crippen LogP contribution in [0.25, 0.3) is 0 Å². The number of carbonyl (C=O) groups excluding carboxylic acids is 2. The Morgan fingerprint density at radius 2 is 2.04 bits per heavy atom. The van der Waals surface area contributed by atoms with Gasteiger partial charge in [-0.3, -0.25) is 19.7 Å². The normalized spacial score (nSPS) is 17.4. The molecule has 28 heavy (non-hydrogen) atoms. The van der Waals surface area contributed by atoms with Crippen LogP contribution in [0.15, 0.2) is 53.4 Å². The van der Waals surface area contributed by atoms with Gasteiger partial charge in [0.05, 0.1) is 10.8 Å². The lowest BCUT2D eigenvalue weighted by atomic mass is 10.1. The molecule has 0 spiro atoms. The van der Waals surface area contributed by atoms with Gasteiger partial charge in [-0.05, 0) is 36.9 Å². The average Bonchev–Trinajstić information content (AvgIpc) is 3.10. The van der Waals surface area contributed by atoms with Crippen LogP contribution >= 0.6 is 11.8 Å². The number of amides is 1. The third-order valence-electron chi connectivity index (χ3n) is 4.67. The molecule has 1 amide bonds. The summed E-state index contributed by atoms with van der Waals surface area (Å²) in [4.78, 5) is 38.0. The summed E-state index contributed by atoms with van der Waals surface area (Å²) in [6, 6.07) is 13.6. The van der Waals surface area contributed by atoms with Gasteiger partial charge in [-0.1, -0.05) is 18.2 Å². The number of ether oxygens (including phenoxy) is 1. The van der Waals surface area contributed by atoms with Gasteiger partial charge in [0.15, 0.2) is 0 Å². The van der Waals surface area contributed by atoms with Crippen LogP contribution in [-0.2, 0) is 14.3 Å². The summed E-state index contributed by atoms with van der Waals surface area (Å²) in [5.41, 5.74) is 1.24. The Hall–Kier alpha value is -2.87. The highest BCUT2D eigenvalue weighted by Gasteiger charge is 2.37. The first kappa shape index (κ1) is 19.9. The molecule has 1 heterocycles. The Balaban J connectivity index is 1.67. The third kappa shape index (κ3) is 4.33. The monoisotopic (exact) mass is 400 g/mol. The molecule has 0 aliphatic carbocycles. The number of anilines is 1. The predicted octanol–water partition coefficient (Wildman–Crippen LogP) is 3.97. The van der Waals surface area contributed by atoms with Crippen molar-refractivity contribution in [3.63, 3.8) is 0 Å². The number of carbonyl (C=O) groups is 2. The van der Waals surface area contributed by atoms with Crippen LogP contribution in [-0.4, -0.2) is 29.6 Å². The predicted molar refractivity (Wildman–Crippen MR) is 106 cm³/mol. The first-order chi connectivity index (χ1) is 13.4. The number of benzene rings is 2. The van der Waals surface area contributed by atoms with Crippen LogP contribution in [0, 0.1) is 16.0 Å². The van der Waals surface area contributed by atoms with Gasteiger partial charge in [-0.2, -0.15) is 0 Å². The van der Waals surface area contributed by atoms with Crippen molar-refractivity contribution in [2.75, 3.05) is 17.7 Å². The zero-order chi connectivity index (χ0) is 20.3. The smallest absolute Gasteiger partial charge is 0.311 e. The van der Waals surface area contributed by atoms with Gasteiger partial charge in [-0.25, -0.2) is 0 Å². The number of non-ortho nitro benzene ring substituents is 1. The minimum atomic E-state index is -0.642. The molecule has 8 heteroatoms. The minimum absolute atomic E-state index is 0.0590. The van der Waals surface area contributed by atoms with Crippen molar-refractivity contribution in [3.8, 4) is 0 Å². The molecule has 7 nitrogen and oxygen atoms in total. The fraction of sp³-hybridized carbons (Fsp3) is 0.300. The Morgan fingerprint density at radius 3 is 2.75 bits per heavy atom. The number of nitro groups is 1. The van der Waals surface area contributed by atoms with Crippen molar-refractivity contribution in [2.24, 2.45) is 5.92 Å². The van der Waals surface area contributed by atoms with Gasteiger partial charge in [0.25, 0.3) is 5.69 Å². The highest BCUT2D eigenvalue weighted by atomic mass is 32.2. The highest BCUT2D eigenvalue weighted by molar-refractivity contribution is 7.98. The first-order valence-corrected chi connectivity index (χ1v) is 10.0. The molecule has 0 radical (unpaired) electrons. The lowest BCUT2D eigenvalue weighted by Gasteiger charge is -2.18. The summed E-state index contributed by atoms with van der Waals surface area (Å²) >= 11 is 1.58. The minimum Gasteiger partial charge on any atom is -0.458 e. The van der Waals surface area contributed by atoms with Crippen molar-refractivity contribution in [1.82, 2.24) is 0 Å². The molecule has 0 bridgehead atoms. The lowest BCUT2D eigenvalue weighted by molar-refractivity contribution is -0.385. The quantitative estimate of drug-likeness (QED) is 0.315. The number of thioether (sulfide) groups is 1. The second-order valence-electron chi connectivity index (χ2n) is 6.54. The van der Waals surface area contributed by atoms with Gasteiger partial charge < -0.3 is 9.64 Å². The standard InChI is InChI=1S/C20H20N2O5S/c1-13(14-5-3-7-17(9-14)22(25)26)27-20(24)15-10-19(23)21(12-15)16-6-4-8-18(11-16)28-2/h3-9,11,13,15H,10,12H2,1-2H3/t13-,15-/m1/s1. The van der Waals surface area contributed by atoms with E-state index >= 15 is 0 Å². The molecule has 2 atom stereocenters. The fourth-order valence-electron chi connectivity index (χ4n) is 3.12. The lowest BCUT2D eigenvalue weighted by Crippen LogP contribution is -2.26. The van der Waals surface area contributed by atoms with E-state index in [2.05, 4.69) is 0 Å². The van der Waals surface area contributed by atoms with E-state index in [1.54, 1.807) is 35.7 Å². The molecule has 2 aromatic carbocycles. The summed E-state index contributed by atoms with van der Waals surface area (Å²) in [5, 5.41) is 10.9. The van der Waals surface area contributed by atoms with Crippen LogP contribution < -0.4 is 4.90 Å². The van der Waals surface area contributed by atoms with Gasteiger partial charge >= 0.3 is 5.97 Å². The van der Waals surface area contributed by atoms with Crippen molar-refractivity contribution >= 4 is 35.0 Å². The fourth-order valence-corrected chi connectivity index (χ4v) is 3.58. The maximum atomic E-state index is 12.6. The second-order valence-corrected chi connectivity index (χ2v) is 7.42. The molecule has 0 N–H and O–H groups in total. The summed E-state index contributed by atoms with van der Waals surface area (Å²) < 4.78 is 5.49. The first-order valence-electron chi connectivity index (χ1n) is 8.78. The van der Waals surface area contributed by atoms with Crippen LogP contribution in [0.1, 0.15) is 25.0 Å². The summed E-state index contributed by atoms with van der Waals surface area (Å²) in [6.07, 6.45) is 1.40. The summed E-state index contributed by atoms with van der Waals surface area (Å²) in [6.45, 7) is 1.92. The van der Waals surface area contributed by atoms with E-state index in [0.29, 0.717) is 5.56 Å². The van der Waals surface area contributed by atoms with Gasteiger partial charge in [0.2, 0.25) is 5.91 Å². The second kappa shape index (κ2) is 8.43. The molecule has 1 saturated heterocycles. The van der Waals surface area contributed by atoms with Crippen LogP contribution in [0.2, 0.25) is 0 Å².